The number of hydrogen-bond acceptors (Lipinski definition) is 6. The zero-order valence-electron chi connectivity index (χ0n) is 21.1. The Bertz CT molecular complexity index is 1580. The van der Waals surface area contributed by atoms with Crippen molar-refractivity contribution in [3.8, 4) is 5.75 Å². The molecule has 3 aromatic carbocycles. The third kappa shape index (κ3) is 4.10. The molecule has 1 atom stereocenters. The number of rotatable bonds is 4. The summed E-state index contributed by atoms with van der Waals surface area (Å²) in [6.45, 7) is 2.17. The van der Waals surface area contributed by atoms with Crippen molar-refractivity contribution in [2.75, 3.05) is 23.7 Å². The largest absolute Gasteiger partial charge is 0.497 e. The van der Waals surface area contributed by atoms with Crippen molar-refractivity contribution < 1.29 is 17.9 Å². The van der Waals surface area contributed by atoms with Crippen LogP contribution in [-0.2, 0) is 14.8 Å². The lowest BCUT2D eigenvalue weighted by atomic mass is 9.90. The van der Waals surface area contributed by atoms with Gasteiger partial charge in [0.05, 0.1) is 29.4 Å². The van der Waals surface area contributed by atoms with Gasteiger partial charge >= 0.3 is 0 Å². The van der Waals surface area contributed by atoms with Crippen molar-refractivity contribution >= 4 is 44.2 Å². The first-order valence-electron chi connectivity index (χ1n) is 12.5. The average Bonchev–Trinajstić information content (AvgIpc) is 3.10. The number of nitrogens with zero attached hydrogens (tertiary/aromatic N) is 3. The fourth-order valence-electron chi connectivity index (χ4n) is 5.27. The van der Waals surface area contributed by atoms with Crippen LogP contribution < -0.4 is 9.04 Å². The van der Waals surface area contributed by atoms with Crippen molar-refractivity contribution in [2.24, 2.45) is 4.99 Å². The Hall–Kier alpha value is -3.56. The Balaban J connectivity index is 1.52. The number of fused-ring (bicyclic) bond motifs is 3. The number of amidine groups is 1. The molecule has 1 fully saturated rings. The van der Waals surface area contributed by atoms with E-state index in [9.17, 15) is 13.2 Å². The van der Waals surface area contributed by atoms with Gasteiger partial charge in [-0.1, -0.05) is 59.8 Å². The van der Waals surface area contributed by atoms with Crippen LogP contribution >= 0.6 is 11.8 Å². The summed E-state index contributed by atoms with van der Waals surface area (Å²) in [4.78, 5) is 20.3. The number of aryl methyl sites for hydroxylation is 1. The molecule has 194 valence electrons. The second-order valence-corrected chi connectivity index (χ2v) is 12.4. The van der Waals surface area contributed by atoms with E-state index in [1.807, 2.05) is 67.6 Å². The van der Waals surface area contributed by atoms with Crippen molar-refractivity contribution in [2.45, 2.75) is 30.7 Å². The molecule has 3 heterocycles. The summed E-state index contributed by atoms with van der Waals surface area (Å²) in [7, 11) is -2.21. The van der Waals surface area contributed by atoms with Crippen LogP contribution in [0.15, 0.2) is 88.3 Å². The van der Waals surface area contributed by atoms with Gasteiger partial charge in [0.2, 0.25) is 5.91 Å². The fraction of sp³-hybridized carbons (Fsp3) is 0.241. The number of amides is 1. The van der Waals surface area contributed by atoms with E-state index in [1.54, 1.807) is 35.9 Å². The molecule has 3 aromatic rings. The van der Waals surface area contributed by atoms with Gasteiger partial charge in [-0.2, -0.15) is 0 Å². The van der Waals surface area contributed by atoms with Crippen LogP contribution in [0.5, 0.6) is 5.75 Å². The number of carbonyl (C=O) groups is 1. The minimum atomic E-state index is -3.83. The molecule has 9 heteroatoms. The molecule has 0 N–H and O–H groups in total. The molecular formula is C29H27N3O4S2. The monoisotopic (exact) mass is 545 g/mol. The van der Waals surface area contributed by atoms with Crippen LogP contribution in [0.2, 0.25) is 0 Å². The first kappa shape index (κ1) is 24.8. The smallest absolute Gasteiger partial charge is 0.264 e. The van der Waals surface area contributed by atoms with Gasteiger partial charge in [-0.15, -0.1) is 0 Å². The van der Waals surface area contributed by atoms with E-state index in [0.29, 0.717) is 29.4 Å². The fourth-order valence-corrected chi connectivity index (χ4v) is 7.71. The third-order valence-electron chi connectivity index (χ3n) is 7.17. The second kappa shape index (κ2) is 9.63. The quantitative estimate of drug-likeness (QED) is 0.439. The Morgan fingerprint density at radius 3 is 2.45 bits per heavy atom. The number of methoxy groups -OCH3 is 1. The van der Waals surface area contributed by atoms with E-state index in [2.05, 4.69) is 0 Å². The number of benzene rings is 3. The van der Waals surface area contributed by atoms with Crippen LogP contribution in [-0.4, -0.2) is 43.8 Å². The molecule has 0 saturated carbocycles. The zero-order chi connectivity index (χ0) is 26.4. The van der Waals surface area contributed by atoms with Crippen LogP contribution in [0.1, 0.15) is 35.6 Å². The van der Waals surface area contributed by atoms with Crippen molar-refractivity contribution in [3.63, 3.8) is 0 Å². The van der Waals surface area contributed by atoms with Gasteiger partial charge in [-0.05, 0) is 54.8 Å². The van der Waals surface area contributed by atoms with E-state index in [0.717, 1.165) is 33.7 Å². The Kier molecular flexibility index (Phi) is 6.28. The molecule has 0 aliphatic carbocycles. The molecule has 1 amide bonds. The van der Waals surface area contributed by atoms with Crippen molar-refractivity contribution in [1.29, 1.82) is 0 Å². The predicted molar refractivity (Wildman–Crippen MR) is 151 cm³/mol. The van der Waals surface area contributed by atoms with Crippen LogP contribution in [0.4, 0.5) is 5.69 Å². The number of ether oxygens (including phenoxy) is 1. The molecule has 1 saturated heterocycles. The number of carbonyl (C=O) groups excluding carboxylic acids is 1. The normalized spacial score (nSPS) is 19.3. The maximum absolute atomic E-state index is 13.9. The minimum Gasteiger partial charge on any atom is -0.497 e. The highest BCUT2D eigenvalue weighted by Crippen LogP contribution is 2.48. The Labute approximate surface area is 226 Å². The number of hydrogen-bond donors (Lipinski definition) is 0. The summed E-state index contributed by atoms with van der Waals surface area (Å²) in [5, 5.41) is 0.658. The van der Waals surface area contributed by atoms with Gasteiger partial charge in [-0.3, -0.25) is 14.0 Å². The molecule has 6 rings (SSSR count). The number of aliphatic imine (C=N–C) groups is 1. The molecule has 0 radical (unpaired) electrons. The molecule has 7 nitrogen and oxygen atoms in total. The summed E-state index contributed by atoms with van der Waals surface area (Å²) in [5.74, 6) is 1.42. The summed E-state index contributed by atoms with van der Waals surface area (Å²) < 4.78 is 34.7. The number of anilines is 1. The molecule has 0 spiro atoms. The van der Waals surface area contributed by atoms with Crippen molar-refractivity contribution in [3.05, 3.63) is 95.1 Å². The van der Waals surface area contributed by atoms with E-state index in [1.165, 1.54) is 4.31 Å². The lowest BCUT2D eigenvalue weighted by Crippen LogP contribution is -2.44. The highest BCUT2D eigenvalue weighted by atomic mass is 32.2. The topological polar surface area (TPSA) is 79.3 Å². The molecule has 0 bridgehead atoms. The molecular weight excluding hydrogens is 518 g/mol. The highest BCUT2D eigenvalue weighted by molar-refractivity contribution is 8.14. The van der Waals surface area contributed by atoms with Crippen molar-refractivity contribution in [1.82, 2.24) is 4.90 Å². The summed E-state index contributed by atoms with van der Waals surface area (Å²) in [6, 6.07) is 21.8. The highest BCUT2D eigenvalue weighted by Gasteiger charge is 2.42. The second-order valence-electron chi connectivity index (χ2n) is 9.46. The molecule has 38 heavy (non-hydrogen) atoms. The summed E-state index contributed by atoms with van der Waals surface area (Å²) in [6.07, 6.45) is 0.862. The summed E-state index contributed by atoms with van der Waals surface area (Å²) in [5.41, 5.74) is 4.96. The average molecular weight is 546 g/mol. The van der Waals surface area contributed by atoms with Crippen LogP contribution in [0.3, 0.4) is 0 Å². The van der Waals surface area contributed by atoms with E-state index in [4.69, 9.17) is 9.73 Å². The molecule has 3 aliphatic rings. The number of sulfonamides is 1. The van der Waals surface area contributed by atoms with Gasteiger partial charge in [0, 0.05) is 24.3 Å². The van der Waals surface area contributed by atoms with E-state index >= 15 is 0 Å². The zero-order valence-corrected chi connectivity index (χ0v) is 22.8. The maximum Gasteiger partial charge on any atom is 0.264 e. The lowest BCUT2D eigenvalue weighted by Gasteiger charge is -2.40. The standard InChI is InChI=1S/C29H27N3O4S2/c1-19-7-13-22(14-8-19)38(34,35)31-17-15-24-27(23-5-3-4-6-25(23)31)30-29-32(26(33)16-18-37-29)28(24)20-9-11-21(36-2)12-10-20/h3-14,28H,15-18H2,1-2H3. The SMILES string of the molecule is COc1ccc(C2C3=C(N=C4SCCC(=O)N42)c2ccccc2N(S(=O)(=O)c2ccc(C)cc2)CC3)cc1. The molecule has 3 aliphatic heterocycles. The van der Waals surface area contributed by atoms with Gasteiger partial charge in [-0.25, -0.2) is 13.4 Å². The minimum absolute atomic E-state index is 0.0246. The van der Waals surface area contributed by atoms with Gasteiger partial charge in [0.25, 0.3) is 10.0 Å². The van der Waals surface area contributed by atoms with Gasteiger partial charge in [0.15, 0.2) is 5.17 Å². The Morgan fingerprint density at radius 1 is 0.974 bits per heavy atom. The number of para-hydroxylation sites is 1. The van der Waals surface area contributed by atoms with Gasteiger partial charge < -0.3 is 4.74 Å². The first-order valence-corrected chi connectivity index (χ1v) is 14.9. The van der Waals surface area contributed by atoms with E-state index in [-0.39, 0.29) is 23.4 Å². The predicted octanol–water partition coefficient (Wildman–Crippen LogP) is 5.39. The molecule has 1 unspecified atom stereocenters. The van der Waals surface area contributed by atoms with Crippen LogP contribution in [0, 0.1) is 6.92 Å². The third-order valence-corrected chi connectivity index (χ3v) is 9.96. The Morgan fingerprint density at radius 2 is 1.71 bits per heavy atom. The van der Waals surface area contributed by atoms with Crippen LogP contribution in [0.25, 0.3) is 5.70 Å². The number of thioether (sulfide) groups is 1. The van der Waals surface area contributed by atoms with E-state index < -0.39 is 10.0 Å². The lowest BCUT2D eigenvalue weighted by molar-refractivity contribution is -0.128. The molecule has 0 aromatic heterocycles. The van der Waals surface area contributed by atoms with Gasteiger partial charge in [0.1, 0.15) is 5.75 Å². The summed E-state index contributed by atoms with van der Waals surface area (Å²) >= 11 is 1.56. The maximum atomic E-state index is 13.9. The first-order chi connectivity index (χ1) is 18.4.